The second-order valence-corrected chi connectivity index (χ2v) is 4.50. The third-order valence-corrected chi connectivity index (χ3v) is 2.89. The van der Waals surface area contributed by atoms with Gasteiger partial charge in [-0.1, -0.05) is 17.7 Å². The van der Waals surface area contributed by atoms with Crippen LogP contribution in [0.1, 0.15) is 0 Å². The maximum Gasteiger partial charge on any atom is 0.323 e. The zero-order valence-corrected chi connectivity index (χ0v) is 11.0. The average molecular weight is 280 g/mol. The van der Waals surface area contributed by atoms with Crippen molar-refractivity contribution < 1.29 is 9.90 Å². The largest absolute Gasteiger partial charge is 0.480 e. The zero-order valence-electron chi connectivity index (χ0n) is 10.2. The standard InChI is InChI=1S/C13H14ClN3O2/c14-11-3-1-4-12(9-11)16(10-13(18)19)7-8-17-6-2-5-15-17/h1-6,9H,7-8,10H2,(H,18,19). The highest BCUT2D eigenvalue weighted by molar-refractivity contribution is 6.30. The van der Waals surface area contributed by atoms with E-state index in [4.69, 9.17) is 16.7 Å². The molecule has 0 bridgehead atoms. The number of benzene rings is 1. The Morgan fingerprint density at radius 2 is 2.26 bits per heavy atom. The summed E-state index contributed by atoms with van der Waals surface area (Å²) in [6.07, 6.45) is 3.54. The highest BCUT2D eigenvalue weighted by Gasteiger charge is 2.11. The number of hydrogen-bond acceptors (Lipinski definition) is 3. The van der Waals surface area contributed by atoms with Crippen molar-refractivity contribution in [3.05, 3.63) is 47.7 Å². The van der Waals surface area contributed by atoms with Crippen LogP contribution in [0.15, 0.2) is 42.7 Å². The minimum Gasteiger partial charge on any atom is -0.480 e. The van der Waals surface area contributed by atoms with Crippen LogP contribution in [0.4, 0.5) is 5.69 Å². The normalized spacial score (nSPS) is 10.4. The molecule has 0 unspecified atom stereocenters. The summed E-state index contributed by atoms with van der Waals surface area (Å²) < 4.78 is 1.76. The maximum absolute atomic E-state index is 10.9. The lowest BCUT2D eigenvalue weighted by Gasteiger charge is -2.23. The third kappa shape index (κ3) is 3.99. The molecule has 5 nitrogen and oxygen atoms in total. The van der Waals surface area contributed by atoms with Gasteiger partial charge in [0.2, 0.25) is 0 Å². The van der Waals surface area contributed by atoms with E-state index in [1.165, 1.54) is 0 Å². The zero-order chi connectivity index (χ0) is 13.7. The van der Waals surface area contributed by atoms with Gasteiger partial charge in [-0.3, -0.25) is 9.48 Å². The number of carboxylic acids is 1. The fourth-order valence-corrected chi connectivity index (χ4v) is 1.98. The predicted octanol–water partition coefficient (Wildman–Crippen LogP) is 2.13. The summed E-state index contributed by atoms with van der Waals surface area (Å²) in [6.45, 7) is 1.10. The van der Waals surface area contributed by atoms with Crippen LogP contribution in [0.3, 0.4) is 0 Å². The van der Waals surface area contributed by atoms with Gasteiger partial charge >= 0.3 is 5.97 Å². The van der Waals surface area contributed by atoms with Crippen molar-refractivity contribution in [1.29, 1.82) is 0 Å². The van der Waals surface area contributed by atoms with Gasteiger partial charge in [-0.05, 0) is 24.3 Å². The number of hydrogen-bond donors (Lipinski definition) is 1. The lowest BCUT2D eigenvalue weighted by Crippen LogP contribution is -2.32. The minimum absolute atomic E-state index is 0.0678. The number of carboxylic acid groups (broad SMARTS) is 1. The van der Waals surface area contributed by atoms with Crippen molar-refractivity contribution in [3.63, 3.8) is 0 Å². The van der Waals surface area contributed by atoms with Crippen LogP contribution in [0.5, 0.6) is 0 Å². The Bertz CT molecular complexity index is 543. The summed E-state index contributed by atoms with van der Waals surface area (Å²) in [4.78, 5) is 12.7. The van der Waals surface area contributed by atoms with Gasteiger partial charge in [0.15, 0.2) is 0 Å². The molecule has 1 N–H and O–H groups in total. The third-order valence-electron chi connectivity index (χ3n) is 2.66. The molecule has 0 radical (unpaired) electrons. The number of aliphatic carboxylic acids is 1. The molecule has 0 aliphatic heterocycles. The Kier molecular flexibility index (Phi) is 4.41. The van der Waals surface area contributed by atoms with Crippen LogP contribution in [-0.2, 0) is 11.3 Å². The molecule has 0 amide bonds. The van der Waals surface area contributed by atoms with Crippen LogP contribution in [0, 0.1) is 0 Å². The van der Waals surface area contributed by atoms with E-state index in [0.29, 0.717) is 18.1 Å². The second-order valence-electron chi connectivity index (χ2n) is 4.06. The molecular formula is C13H14ClN3O2. The number of halogens is 1. The number of nitrogens with zero attached hydrogens (tertiary/aromatic N) is 3. The smallest absolute Gasteiger partial charge is 0.323 e. The molecule has 2 aromatic rings. The molecule has 0 aliphatic carbocycles. The Morgan fingerprint density at radius 3 is 2.89 bits per heavy atom. The van der Waals surface area contributed by atoms with Crippen molar-refractivity contribution >= 4 is 23.3 Å². The van der Waals surface area contributed by atoms with Gasteiger partial charge in [0, 0.05) is 29.6 Å². The molecule has 0 saturated carbocycles. The molecule has 0 saturated heterocycles. The van der Waals surface area contributed by atoms with E-state index in [2.05, 4.69) is 5.10 Å². The van der Waals surface area contributed by atoms with Gasteiger partial charge in [0.05, 0.1) is 6.54 Å². The molecule has 1 aromatic carbocycles. The predicted molar refractivity (Wildman–Crippen MR) is 73.5 cm³/mol. The Balaban J connectivity index is 2.09. The maximum atomic E-state index is 10.9. The van der Waals surface area contributed by atoms with Crippen molar-refractivity contribution in [2.45, 2.75) is 6.54 Å². The number of anilines is 1. The first kappa shape index (κ1) is 13.4. The van der Waals surface area contributed by atoms with E-state index < -0.39 is 5.97 Å². The van der Waals surface area contributed by atoms with Crippen LogP contribution in [0.2, 0.25) is 5.02 Å². The summed E-state index contributed by atoms with van der Waals surface area (Å²) in [6, 6.07) is 9.00. The fraction of sp³-hybridized carbons (Fsp3) is 0.231. The Labute approximate surface area is 116 Å². The lowest BCUT2D eigenvalue weighted by molar-refractivity contribution is -0.135. The van der Waals surface area contributed by atoms with Gasteiger partial charge in [-0.25, -0.2) is 0 Å². The quantitative estimate of drug-likeness (QED) is 0.880. The van der Waals surface area contributed by atoms with E-state index in [-0.39, 0.29) is 6.54 Å². The molecule has 1 heterocycles. The first-order chi connectivity index (χ1) is 9.15. The minimum atomic E-state index is -0.875. The first-order valence-electron chi connectivity index (χ1n) is 5.85. The van der Waals surface area contributed by atoms with E-state index in [0.717, 1.165) is 5.69 Å². The van der Waals surface area contributed by atoms with Crippen LogP contribution in [0.25, 0.3) is 0 Å². The summed E-state index contributed by atoms with van der Waals surface area (Å²) >= 11 is 5.93. The van der Waals surface area contributed by atoms with Gasteiger partial charge in [-0.2, -0.15) is 5.10 Å². The highest BCUT2D eigenvalue weighted by atomic mass is 35.5. The van der Waals surface area contributed by atoms with Crippen LogP contribution >= 0.6 is 11.6 Å². The topological polar surface area (TPSA) is 58.4 Å². The summed E-state index contributed by atoms with van der Waals surface area (Å²) in [5, 5.41) is 13.7. The fourth-order valence-electron chi connectivity index (χ4n) is 1.79. The number of aromatic nitrogens is 2. The molecule has 6 heteroatoms. The van der Waals surface area contributed by atoms with Gasteiger partial charge in [0.25, 0.3) is 0 Å². The summed E-state index contributed by atoms with van der Waals surface area (Å²) in [5.74, 6) is -0.875. The summed E-state index contributed by atoms with van der Waals surface area (Å²) in [7, 11) is 0. The Morgan fingerprint density at radius 1 is 1.42 bits per heavy atom. The lowest BCUT2D eigenvalue weighted by atomic mass is 10.3. The van der Waals surface area contributed by atoms with Gasteiger partial charge in [0.1, 0.15) is 6.54 Å². The average Bonchev–Trinajstić information content (AvgIpc) is 2.87. The highest BCUT2D eigenvalue weighted by Crippen LogP contribution is 2.19. The summed E-state index contributed by atoms with van der Waals surface area (Å²) in [5.41, 5.74) is 0.794. The first-order valence-corrected chi connectivity index (χ1v) is 6.22. The molecule has 2 rings (SSSR count). The van der Waals surface area contributed by atoms with Gasteiger partial charge < -0.3 is 10.0 Å². The molecular weight excluding hydrogens is 266 g/mol. The van der Waals surface area contributed by atoms with Crippen molar-refractivity contribution in [2.75, 3.05) is 18.0 Å². The number of rotatable bonds is 6. The van der Waals surface area contributed by atoms with E-state index in [1.54, 1.807) is 34.0 Å². The van der Waals surface area contributed by atoms with Crippen molar-refractivity contribution in [2.24, 2.45) is 0 Å². The molecule has 19 heavy (non-hydrogen) atoms. The number of carbonyl (C=O) groups is 1. The van der Waals surface area contributed by atoms with Crippen molar-refractivity contribution in [1.82, 2.24) is 9.78 Å². The van der Waals surface area contributed by atoms with Gasteiger partial charge in [-0.15, -0.1) is 0 Å². The monoisotopic (exact) mass is 279 g/mol. The molecule has 100 valence electrons. The second kappa shape index (κ2) is 6.24. The van der Waals surface area contributed by atoms with E-state index in [1.807, 2.05) is 18.3 Å². The molecule has 1 aromatic heterocycles. The van der Waals surface area contributed by atoms with E-state index in [9.17, 15) is 4.79 Å². The molecule has 0 spiro atoms. The van der Waals surface area contributed by atoms with E-state index >= 15 is 0 Å². The van der Waals surface area contributed by atoms with Crippen molar-refractivity contribution in [3.8, 4) is 0 Å². The molecule has 0 fully saturated rings. The SMILES string of the molecule is O=C(O)CN(CCn1cccn1)c1cccc(Cl)c1. The van der Waals surface area contributed by atoms with Crippen LogP contribution in [-0.4, -0.2) is 33.9 Å². The molecule has 0 atom stereocenters. The Hall–Kier alpha value is -2.01. The molecule has 0 aliphatic rings. The van der Waals surface area contributed by atoms with Crippen LogP contribution < -0.4 is 4.90 Å².